The number of nitrogens with zero attached hydrogens (tertiary/aromatic N) is 2. The van der Waals surface area contributed by atoms with Crippen LogP contribution in [-0.2, 0) is 29.6 Å². The summed E-state index contributed by atoms with van der Waals surface area (Å²) in [7, 11) is 0. The van der Waals surface area contributed by atoms with Crippen LogP contribution >= 0.6 is 11.3 Å². The minimum Gasteiger partial charge on any atom is -0.454 e. The predicted octanol–water partition coefficient (Wildman–Crippen LogP) is 2.27. The van der Waals surface area contributed by atoms with Gasteiger partial charge >= 0.3 is 16.8 Å². The van der Waals surface area contributed by atoms with E-state index in [1.807, 2.05) is 17.6 Å². The number of hydrogen-bond donors (Lipinski definition) is 2. The molecule has 1 aromatic carbocycles. The van der Waals surface area contributed by atoms with Crippen molar-refractivity contribution in [2.24, 2.45) is 4.99 Å². The maximum Gasteiger partial charge on any atom is 2.00 e. The van der Waals surface area contributed by atoms with E-state index in [9.17, 15) is 0 Å². The molecule has 1 aliphatic heterocycles. The number of hydrogen-bond acceptors (Lipinski definition) is 6. The summed E-state index contributed by atoms with van der Waals surface area (Å²) in [6.07, 6.45) is 3.12. The second-order valence-electron chi connectivity index (χ2n) is 4.52. The Balaban J connectivity index is 0.00000132. The first-order chi connectivity index (χ1) is 9.85. The van der Waals surface area contributed by atoms with Gasteiger partial charge in [0, 0.05) is 10.4 Å². The number of hydroxylamine groups is 1. The van der Waals surface area contributed by atoms with Gasteiger partial charge in [0.2, 0.25) is 11.9 Å². The predicted molar refractivity (Wildman–Crippen MR) is 74.2 cm³/mol. The van der Waals surface area contributed by atoms with Crippen molar-refractivity contribution in [2.45, 2.75) is 12.8 Å². The smallest absolute Gasteiger partial charge is 0.454 e. The molecule has 0 saturated heterocycles. The van der Waals surface area contributed by atoms with Crippen molar-refractivity contribution >= 4 is 22.8 Å². The zero-order valence-corrected chi connectivity index (χ0v) is 12.6. The average molecular weight is 348 g/mol. The van der Waals surface area contributed by atoms with Crippen LogP contribution in [-0.4, -0.2) is 23.3 Å². The number of thiazole rings is 1. The van der Waals surface area contributed by atoms with Crippen LogP contribution in [0.1, 0.15) is 10.4 Å². The Morgan fingerprint density at radius 2 is 2.10 bits per heavy atom. The molecule has 2 heterocycles. The van der Waals surface area contributed by atoms with Gasteiger partial charge in [-0.2, -0.15) is 0 Å². The summed E-state index contributed by atoms with van der Waals surface area (Å²) >= 11 is 1.54. The average Bonchev–Trinajstić information content (AvgIpc) is 3.08. The van der Waals surface area contributed by atoms with Gasteiger partial charge in [0.05, 0.1) is 5.69 Å². The first kappa shape index (κ1) is 14.3. The molecule has 0 atom stereocenters. The fourth-order valence-electron chi connectivity index (χ4n) is 2.52. The molecule has 109 valence electrons. The molecule has 0 bridgehead atoms. The molecule has 0 spiro atoms. The van der Waals surface area contributed by atoms with Gasteiger partial charge in [-0.25, -0.2) is 9.98 Å². The van der Waals surface area contributed by atoms with Crippen LogP contribution in [0.5, 0.6) is 11.5 Å². The molecule has 6 nitrogen and oxygen atoms in total. The third-order valence-electron chi connectivity index (χ3n) is 3.39. The van der Waals surface area contributed by atoms with Gasteiger partial charge in [-0.15, -0.1) is 0 Å². The standard InChI is InChI=1S/C13H11N3O3S.Co/c17-15-5-14-13-16-12-8-4-10-9(18-6-19-10)3-7(8)1-2-11(12)20-13;/h3-5,17H,1-2,6H2,(H,14,15,16);/q;+2. The van der Waals surface area contributed by atoms with Gasteiger partial charge in [0.15, 0.2) is 11.5 Å². The van der Waals surface area contributed by atoms with Crippen molar-refractivity contribution in [1.29, 1.82) is 0 Å². The van der Waals surface area contributed by atoms with E-state index in [4.69, 9.17) is 14.7 Å². The van der Waals surface area contributed by atoms with E-state index in [-0.39, 0.29) is 23.6 Å². The molecule has 8 heteroatoms. The molecule has 4 rings (SSSR count). The van der Waals surface area contributed by atoms with Crippen LogP contribution in [0.2, 0.25) is 0 Å². The number of rotatable bonds is 2. The van der Waals surface area contributed by atoms with E-state index in [1.54, 1.807) is 0 Å². The van der Waals surface area contributed by atoms with E-state index < -0.39 is 0 Å². The van der Waals surface area contributed by atoms with Crippen molar-refractivity contribution < 1.29 is 31.5 Å². The van der Waals surface area contributed by atoms with Crippen LogP contribution in [0, 0.1) is 0 Å². The van der Waals surface area contributed by atoms with Crippen molar-refractivity contribution in [3.63, 3.8) is 0 Å². The number of aromatic nitrogens is 1. The summed E-state index contributed by atoms with van der Waals surface area (Å²) in [4.78, 5) is 9.78. The van der Waals surface area contributed by atoms with E-state index in [0.29, 0.717) is 5.13 Å². The first-order valence-corrected chi connectivity index (χ1v) is 7.01. The zero-order valence-electron chi connectivity index (χ0n) is 10.8. The van der Waals surface area contributed by atoms with Crippen LogP contribution in [0.15, 0.2) is 17.1 Å². The normalized spacial score (nSPS) is 14.5. The number of nitrogens with one attached hydrogen (secondary N) is 1. The number of aliphatic imine (C=N–C) groups is 1. The van der Waals surface area contributed by atoms with Crippen LogP contribution in [0.3, 0.4) is 0 Å². The van der Waals surface area contributed by atoms with Gasteiger partial charge in [-0.1, -0.05) is 11.3 Å². The molecule has 1 aliphatic carbocycles. The Labute approximate surface area is 135 Å². The summed E-state index contributed by atoms with van der Waals surface area (Å²) in [6.45, 7) is 0.278. The number of fused-ring (bicyclic) bond motifs is 4. The number of benzene rings is 1. The molecule has 0 amide bonds. The van der Waals surface area contributed by atoms with Gasteiger partial charge in [0.1, 0.15) is 6.34 Å². The molecule has 0 unspecified atom stereocenters. The molecule has 2 N–H and O–H groups in total. The third-order valence-corrected chi connectivity index (χ3v) is 4.42. The summed E-state index contributed by atoms with van der Waals surface area (Å²) < 4.78 is 10.8. The van der Waals surface area contributed by atoms with Crippen LogP contribution in [0.25, 0.3) is 11.3 Å². The van der Waals surface area contributed by atoms with Crippen molar-refractivity contribution in [3.05, 3.63) is 22.6 Å². The molecule has 1 radical (unpaired) electrons. The molecule has 0 fully saturated rings. The third kappa shape index (κ3) is 2.40. The van der Waals surface area contributed by atoms with Gasteiger partial charge in [-0.05, 0) is 30.5 Å². The summed E-state index contributed by atoms with van der Waals surface area (Å²) in [6, 6.07) is 4.03. The fraction of sp³-hybridized carbons (Fsp3) is 0.231. The fourth-order valence-corrected chi connectivity index (χ4v) is 3.44. The minimum absolute atomic E-state index is 0. The summed E-state index contributed by atoms with van der Waals surface area (Å²) in [5.41, 5.74) is 5.16. The Morgan fingerprint density at radius 1 is 1.29 bits per heavy atom. The maximum atomic E-state index is 8.54. The Hall–Kier alpha value is -1.61. The topological polar surface area (TPSA) is 76.0 Å². The van der Waals surface area contributed by atoms with Gasteiger partial charge in [0.25, 0.3) is 0 Å². The quantitative estimate of drug-likeness (QED) is 0.495. The number of ether oxygens (including phenoxy) is 2. The van der Waals surface area contributed by atoms with E-state index in [2.05, 4.69) is 9.98 Å². The zero-order chi connectivity index (χ0) is 13.5. The Morgan fingerprint density at radius 3 is 2.90 bits per heavy atom. The van der Waals surface area contributed by atoms with Crippen LogP contribution < -0.4 is 15.0 Å². The summed E-state index contributed by atoms with van der Waals surface area (Å²) in [5.74, 6) is 1.58. The second kappa shape index (κ2) is 5.64. The largest absolute Gasteiger partial charge is 2.00 e. The van der Waals surface area contributed by atoms with E-state index in [0.717, 1.165) is 35.6 Å². The monoisotopic (exact) mass is 348 g/mol. The molecule has 2 aliphatic rings. The van der Waals surface area contributed by atoms with Crippen LogP contribution in [0.4, 0.5) is 5.13 Å². The van der Waals surface area contributed by atoms with Gasteiger partial charge in [-0.3, -0.25) is 10.7 Å². The minimum atomic E-state index is 0. The Bertz CT molecular complexity index is 717. The first-order valence-electron chi connectivity index (χ1n) is 6.20. The number of aryl methyl sites for hydroxylation is 2. The Kier molecular flexibility index (Phi) is 3.85. The molecular weight excluding hydrogens is 337 g/mol. The van der Waals surface area contributed by atoms with Crippen molar-refractivity contribution in [2.75, 3.05) is 6.79 Å². The summed E-state index contributed by atoms with van der Waals surface area (Å²) in [5, 5.41) is 9.17. The molecular formula is C13H11CoN3O3S+2. The van der Waals surface area contributed by atoms with Crippen molar-refractivity contribution in [1.82, 2.24) is 10.5 Å². The van der Waals surface area contributed by atoms with Crippen molar-refractivity contribution in [3.8, 4) is 22.8 Å². The molecule has 0 saturated carbocycles. The second-order valence-corrected chi connectivity index (χ2v) is 5.58. The molecule has 1 aromatic heterocycles. The van der Waals surface area contributed by atoms with E-state index >= 15 is 0 Å². The van der Waals surface area contributed by atoms with E-state index in [1.165, 1.54) is 28.1 Å². The van der Waals surface area contributed by atoms with Gasteiger partial charge < -0.3 is 9.47 Å². The SMILES string of the molecule is ON/C=N\c1nc2c(s1)CCc1cc3c(cc1-2)OCO3.[Co+2]. The molecule has 2 aromatic rings. The maximum absolute atomic E-state index is 8.54. The molecule has 21 heavy (non-hydrogen) atoms.